The van der Waals surface area contributed by atoms with Gasteiger partial charge in [-0.25, -0.2) is 0 Å². The van der Waals surface area contributed by atoms with E-state index in [0.717, 1.165) is 6.42 Å². The minimum Gasteiger partial charge on any atom is -0.0801 e. The molecule has 0 bridgehead atoms. The number of benzene rings is 1. The maximum Gasteiger partial charge on any atom is -0.00752 e. The third-order valence-electron chi connectivity index (χ3n) is 3.35. The van der Waals surface area contributed by atoms with Gasteiger partial charge in [0.1, 0.15) is 0 Å². The number of hydrogen-bond donors (Lipinski definition) is 0. The third-order valence-corrected chi connectivity index (χ3v) is 3.35. The smallest absolute Gasteiger partial charge is 0.00752 e. The van der Waals surface area contributed by atoms with Gasteiger partial charge in [-0.05, 0) is 34.6 Å². The van der Waals surface area contributed by atoms with E-state index in [9.17, 15) is 0 Å². The van der Waals surface area contributed by atoms with Crippen molar-refractivity contribution in [1.29, 1.82) is 0 Å². The van der Waals surface area contributed by atoms with E-state index in [2.05, 4.69) is 67.7 Å². The molecular weight excluding hydrogens is 228 g/mol. The Morgan fingerprint density at radius 2 is 1.37 bits per heavy atom. The molecule has 0 N–H and O–H groups in total. The lowest BCUT2D eigenvalue weighted by atomic mass is 9.96. The summed E-state index contributed by atoms with van der Waals surface area (Å²) in [5, 5.41) is 0. The van der Waals surface area contributed by atoms with E-state index in [0.29, 0.717) is 5.92 Å². The van der Waals surface area contributed by atoms with Crippen molar-refractivity contribution in [3.8, 4) is 0 Å². The minimum absolute atomic E-state index is 0. The van der Waals surface area contributed by atoms with E-state index < -0.39 is 0 Å². The molecule has 0 heterocycles. The van der Waals surface area contributed by atoms with E-state index in [1.54, 1.807) is 0 Å². The van der Waals surface area contributed by atoms with E-state index in [4.69, 9.17) is 0 Å². The molecule has 0 fully saturated rings. The summed E-state index contributed by atoms with van der Waals surface area (Å²) in [7, 11) is 0. The summed E-state index contributed by atoms with van der Waals surface area (Å²) in [5.74, 6) is 0.517. The van der Waals surface area contributed by atoms with Crippen LogP contribution in [-0.4, -0.2) is 0 Å². The van der Waals surface area contributed by atoms with Crippen LogP contribution in [0.4, 0.5) is 0 Å². The van der Waals surface area contributed by atoms with Crippen molar-refractivity contribution in [2.24, 2.45) is 5.92 Å². The monoisotopic (exact) mass is 252 g/mol. The molecule has 0 spiro atoms. The van der Waals surface area contributed by atoms with Crippen molar-refractivity contribution in [2.45, 2.75) is 28.2 Å². The van der Waals surface area contributed by atoms with Crippen LogP contribution in [0.15, 0.2) is 36.4 Å². The Morgan fingerprint density at radius 1 is 0.789 bits per heavy atom. The van der Waals surface area contributed by atoms with Gasteiger partial charge < -0.3 is 0 Å². The van der Waals surface area contributed by atoms with Crippen LogP contribution >= 0.6 is 0 Å². The molecule has 0 heteroatoms. The zero-order valence-corrected chi connectivity index (χ0v) is 10.1. The molecule has 1 aromatic rings. The van der Waals surface area contributed by atoms with E-state index in [-0.39, 0.29) is 14.9 Å². The average molecular weight is 252 g/mol. The zero-order valence-electron chi connectivity index (χ0n) is 10.1. The topological polar surface area (TPSA) is 0 Å². The van der Waals surface area contributed by atoms with Gasteiger partial charge in [0.05, 0.1) is 0 Å². The standard InChI is InChI=1S/C17H16.2CH4/c1-13-7-9-15-11-10-14-5-3-2-4-6-16(14)17(15)12-8-13;;/h3-13H,2H2,1H3;2*1H4/t13-;;/m1../s1. The molecule has 1 atom stereocenters. The maximum absolute atomic E-state index is 2.27. The van der Waals surface area contributed by atoms with Crippen molar-refractivity contribution < 1.29 is 0 Å². The molecule has 0 saturated heterocycles. The van der Waals surface area contributed by atoms with Crippen molar-refractivity contribution in [3.05, 3.63) is 58.7 Å². The van der Waals surface area contributed by atoms with Gasteiger partial charge in [-0.1, -0.05) is 82.5 Å². The normalized spacial score (nSPS) is 18.5. The van der Waals surface area contributed by atoms with Crippen LogP contribution < -0.4 is 0 Å². The second-order valence-corrected chi connectivity index (χ2v) is 4.69. The van der Waals surface area contributed by atoms with E-state index in [1.807, 2.05) is 0 Å². The first-order valence-electron chi connectivity index (χ1n) is 6.21. The highest BCUT2D eigenvalue weighted by molar-refractivity contribution is 5.81. The van der Waals surface area contributed by atoms with Gasteiger partial charge >= 0.3 is 0 Å². The molecule has 1 aromatic carbocycles. The summed E-state index contributed by atoms with van der Waals surface area (Å²) in [5.41, 5.74) is 5.35. The largest absolute Gasteiger partial charge is 0.0801 e. The summed E-state index contributed by atoms with van der Waals surface area (Å²) in [4.78, 5) is 0. The van der Waals surface area contributed by atoms with Gasteiger partial charge in [0.25, 0.3) is 0 Å². The van der Waals surface area contributed by atoms with Crippen LogP contribution in [0.1, 0.15) is 50.5 Å². The summed E-state index contributed by atoms with van der Waals surface area (Å²) >= 11 is 0. The number of fused-ring (bicyclic) bond motifs is 3. The van der Waals surface area contributed by atoms with Crippen molar-refractivity contribution in [2.75, 3.05) is 0 Å². The van der Waals surface area contributed by atoms with Crippen molar-refractivity contribution in [3.63, 3.8) is 0 Å². The molecule has 0 radical (unpaired) electrons. The average Bonchev–Trinajstić information content (AvgIpc) is 2.67. The first-order chi connectivity index (χ1) is 8.34. The SMILES string of the molecule is C.C.C[C@@H]1C=Cc2ccc3c(c2C=C1)C=CCC=C3. The predicted molar refractivity (Wildman–Crippen MR) is 89.8 cm³/mol. The quantitative estimate of drug-likeness (QED) is 0.526. The molecule has 19 heavy (non-hydrogen) atoms. The summed E-state index contributed by atoms with van der Waals surface area (Å²) in [6.45, 7) is 2.22. The first kappa shape index (κ1) is 15.2. The van der Waals surface area contributed by atoms with Gasteiger partial charge in [-0.15, -0.1) is 0 Å². The van der Waals surface area contributed by atoms with E-state index in [1.165, 1.54) is 22.3 Å². The summed E-state index contributed by atoms with van der Waals surface area (Å²) < 4.78 is 0. The van der Waals surface area contributed by atoms with Gasteiger partial charge in [-0.2, -0.15) is 0 Å². The molecule has 0 saturated carbocycles. The van der Waals surface area contributed by atoms with Crippen LogP contribution in [0.3, 0.4) is 0 Å². The number of rotatable bonds is 0. The molecule has 0 nitrogen and oxygen atoms in total. The molecule has 0 aromatic heterocycles. The number of hydrogen-bond acceptors (Lipinski definition) is 0. The van der Waals surface area contributed by atoms with Crippen LogP contribution in [0.25, 0.3) is 24.3 Å². The lowest BCUT2D eigenvalue weighted by Gasteiger charge is -2.09. The Balaban J connectivity index is 0.000000902. The molecule has 3 rings (SSSR count). The molecule has 0 aliphatic heterocycles. The summed E-state index contributed by atoms with van der Waals surface area (Å²) in [6.07, 6.45) is 19.0. The highest BCUT2D eigenvalue weighted by Gasteiger charge is 2.09. The zero-order chi connectivity index (χ0) is 11.7. The minimum atomic E-state index is 0. The highest BCUT2D eigenvalue weighted by atomic mass is 14.1. The van der Waals surface area contributed by atoms with E-state index >= 15 is 0 Å². The summed E-state index contributed by atoms with van der Waals surface area (Å²) in [6, 6.07) is 4.44. The lowest BCUT2D eigenvalue weighted by molar-refractivity contribution is 0.954. The Kier molecular flexibility index (Phi) is 5.11. The van der Waals surface area contributed by atoms with Crippen LogP contribution in [0, 0.1) is 5.92 Å². The van der Waals surface area contributed by atoms with Gasteiger partial charge in [0.15, 0.2) is 0 Å². The predicted octanol–water partition coefficient (Wildman–Crippen LogP) is 6.07. The third kappa shape index (κ3) is 2.96. The van der Waals surface area contributed by atoms with Crippen molar-refractivity contribution >= 4 is 24.3 Å². The van der Waals surface area contributed by atoms with Crippen molar-refractivity contribution in [1.82, 2.24) is 0 Å². The fraction of sp³-hybridized carbons (Fsp3) is 0.263. The highest BCUT2D eigenvalue weighted by Crippen LogP contribution is 2.29. The molecule has 0 amide bonds. The fourth-order valence-electron chi connectivity index (χ4n) is 2.36. The molecule has 0 unspecified atom stereocenters. The lowest BCUT2D eigenvalue weighted by Crippen LogP contribution is -1.89. The van der Waals surface area contributed by atoms with Crippen LogP contribution in [-0.2, 0) is 0 Å². The second-order valence-electron chi connectivity index (χ2n) is 4.69. The Bertz CT molecular complexity index is 554. The first-order valence-corrected chi connectivity index (χ1v) is 6.21. The molecule has 100 valence electrons. The van der Waals surface area contributed by atoms with Crippen LogP contribution in [0.5, 0.6) is 0 Å². The maximum atomic E-state index is 2.27. The Hall–Kier alpha value is -1.82. The van der Waals surface area contributed by atoms with Gasteiger partial charge in [0.2, 0.25) is 0 Å². The van der Waals surface area contributed by atoms with Gasteiger partial charge in [0, 0.05) is 0 Å². The Labute approximate surface area is 117 Å². The second kappa shape index (κ2) is 6.38. The molecule has 2 aliphatic carbocycles. The fourth-order valence-corrected chi connectivity index (χ4v) is 2.36. The Morgan fingerprint density at radius 3 is 2.16 bits per heavy atom. The number of allylic oxidation sites excluding steroid dienone is 4. The molecular formula is C19H24. The molecule has 2 aliphatic rings. The van der Waals surface area contributed by atoms with Crippen LogP contribution in [0.2, 0.25) is 0 Å². The van der Waals surface area contributed by atoms with Gasteiger partial charge in [-0.3, -0.25) is 0 Å².